The van der Waals surface area contributed by atoms with Gasteiger partial charge in [-0.15, -0.1) is 0 Å². The summed E-state index contributed by atoms with van der Waals surface area (Å²) in [6, 6.07) is 8.67. The Kier molecular flexibility index (Phi) is 5.26. The minimum atomic E-state index is -0.0887. The van der Waals surface area contributed by atoms with Crippen LogP contribution in [0.1, 0.15) is 74.9 Å². The zero-order valence-corrected chi connectivity index (χ0v) is 18.7. The number of rotatable bonds is 2. The molecule has 1 N–H and O–H groups in total. The summed E-state index contributed by atoms with van der Waals surface area (Å²) >= 11 is 0. The zero-order valence-electron chi connectivity index (χ0n) is 18.7. The van der Waals surface area contributed by atoms with E-state index < -0.39 is 0 Å². The molecule has 152 valence electrons. The fraction of sp³-hybridized carbons (Fsp3) is 0.520. The molecule has 0 aliphatic carbocycles. The lowest BCUT2D eigenvalue weighted by atomic mass is 9.83. The van der Waals surface area contributed by atoms with E-state index in [1.165, 1.54) is 22.3 Å². The molecule has 0 spiro atoms. The smallest absolute Gasteiger partial charge is 0.142 e. The summed E-state index contributed by atoms with van der Waals surface area (Å²) in [6.45, 7) is 19.4. The third kappa shape index (κ3) is 4.20. The van der Waals surface area contributed by atoms with Gasteiger partial charge >= 0.3 is 0 Å². The number of aromatic hydroxyl groups is 1. The molecule has 0 fully saturated rings. The van der Waals surface area contributed by atoms with Crippen LogP contribution in [-0.4, -0.2) is 16.7 Å². The van der Waals surface area contributed by atoms with Gasteiger partial charge in [0.05, 0.1) is 0 Å². The number of ether oxygens (including phenoxy) is 1. The highest BCUT2D eigenvalue weighted by molar-refractivity contribution is 5.49. The molecule has 3 nitrogen and oxygen atoms in total. The highest BCUT2D eigenvalue weighted by Crippen LogP contribution is 2.39. The molecule has 1 aliphatic rings. The number of aryl methyl sites for hydroxylation is 2. The van der Waals surface area contributed by atoms with Crippen molar-refractivity contribution >= 4 is 0 Å². The second kappa shape index (κ2) is 7.11. The van der Waals surface area contributed by atoms with Gasteiger partial charge in [-0.05, 0) is 30.2 Å². The Balaban J connectivity index is 1.91. The fourth-order valence-electron chi connectivity index (χ4n) is 4.02. The Morgan fingerprint density at radius 2 is 1.46 bits per heavy atom. The molecule has 0 unspecified atom stereocenters. The van der Waals surface area contributed by atoms with Gasteiger partial charge in [-0.3, -0.25) is 4.90 Å². The van der Waals surface area contributed by atoms with Crippen molar-refractivity contribution in [1.82, 2.24) is 4.90 Å². The molecular formula is C25H35NO2. The van der Waals surface area contributed by atoms with E-state index in [4.69, 9.17) is 4.74 Å². The minimum Gasteiger partial charge on any atom is -0.507 e. The highest BCUT2D eigenvalue weighted by Gasteiger charge is 2.27. The van der Waals surface area contributed by atoms with Crippen molar-refractivity contribution in [2.24, 2.45) is 0 Å². The van der Waals surface area contributed by atoms with Gasteiger partial charge in [0.25, 0.3) is 0 Å². The van der Waals surface area contributed by atoms with Crippen LogP contribution in [0.15, 0.2) is 24.3 Å². The van der Waals surface area contributed by atoms with Crippen molar-refractivity contribution in [2.45, 2.75) is 79.3 Å². The molecule has 0 bridgehead atoms. The van der Waals surface area contributed by atoms with E-state index in [1.54, 1.807) is 0 Å². The van der Waals surface area contributed by atoms with Gasteiger partial charge in [0.1, 0.15) is 18.2 Å². The number of hydrogen-bond acceptors (Lipinski definition) is 3. The lowest BCUT2D eigenvalue weighted by molar-refractivity contribution is 0.0858. The van der Waals surface area contributed by atoms with Crippen molar-refractivity contribution in [3.8, 4) is 11.5 Å². The molecule has 1 aliphatic heterocycles. The second-order valence-electron chi connectivity index (χ2n) is 10.4. The summed E-state index contributed by atoms with van der Waals surface area (Å²) in [4.78, 5) is 2.26. The third-order valence-corrected chi connectivity index (χ3v) is 5.44. The number of nitrogens with zero attached hydrogens (tertiary/aromatic N) is 1. The first-order valence-electron chi connectivity index (χ1n) is 10.2. The van der Waals surface area contributed by atoms with Crippen LogP contribution < -0.4 is 4.74 Å². The quantitative estimate of drug-likeness (QED) is 0.697. The Labute approximate surface area is 170 Å². The van der Waals surface area contributed by atoms with Crippen molar-refractivity contribution < 1.29 is 9.84 Å². The van der Waals surface area contributed by atoms with Gasteiger partial charge in [0.15, 0.2) is 0 Å². The predicted octanol–water partition coefficient (Wildman–Crippen LogP) is 5.96. The fourth-order valence-corrected chi connectivity index (χ4v) is 4.02. The lowest BCUT2D eigenvalue weighted by Gasteiger charge is -2.34. The van der Waals surface area contributed by atoms with Crippen LogP contribution in [0.2, 0.25) is 0 Å². The monoisotopic (exact) mass is 381 g/mol. The van der Waals surface area contributed by atoms with Crippen molar-refractivity contribution in [2.75, 3.05) is 6.73 Å². The van der Waals surface area contributed by atoms with Crippen LogP contribution in [0, 0.1) is 13.8 Å². The maximum atomic E-state index is 10.9. The SMILES string of the molecule is Cc1cc(CN2COc3c(cc(C)cc3C(C)(C)C)C2)c(O)c(C(C)(C)C)c1. The largest absolute Gasteiger partial charge is 0.507 e. The van der Waals surface area contributed by atoms with E-state index in [2.05, 4.69) is 84.6 Å². The summed E-state index contributed by atoms with van der Waals surface area (Å²) < 4.78 is 6.23. The number of hydrogen-bond donors (Lipinski definition) is 1. The standard InChI is InChI=1S/C25H35NO2/c1-16-9-18(22(27)20(11-16)24(3,4)5)13-26-14-19-10-17(2)12-21(25(6,7)8)23(19)28-15-26/h9-12,27H,13-15H2,1-8H3. The molecule has 3 heteroatoms. The molecular weight excluding hydrogens is 346 g/mol. The van der Waals surface area contributed by atoms with Crippen molar-refractivity contribution in [3.05, 3.63) is 57.6 Å². The number of phenols is 1. The summed E-state index contributed by atoms with van der Waals surface area (Å²) in [5, 5.41) is 10.9. The molecule has 0 saturated carbocycles. The van der Waals surface area contributed by atoms with Crippen molar-refractivity contribution in [3.63, 3.8) is 0 Å². The van der Waals surface area contributed by atoms with Gasteiger partial charge in [0, 0.05) is 29.8 Å². The first-order valence-corrected chi connectivity index (χ1v) is 10.2. The van der Waals surface area contributed by atoms with Crippen molar-refractivity contribution in [1.29, 1.82) is 0 Å². The normalized spacial score (nSPS) is 15.3. The number of phenolic OH excluding ortho intramolecular Hbond substituents is 1. The van der Waals surface area contributed by atoms with Crippen LogP contribution >= 0.6 is 0 Å². The van der Waals surface area contributed by atoms with Crippen LogP contribution in [0.5, 0.6) is 11.5 Å². The molecule has 0 atom stereocenters. The van der Waals surface area contributed by atoms with Crippen LogP contribution in [-0.2, 0) is 23.9 Å². The molecule has 0 radical (unpaired) electrons. The van der Waals surface area contributed by atoms with Gasteiger partial charge in [-0.25, -0.2) is 0 Å². The average Bonchev–Trinajstić information content (AvgIpc) is 2.55. The second-order valence-corrected chi connectivity index (χ2v) is 10.4. The van der Waals surface area contributed by atoms with Gasteiger partial charge in [-0.1, -0.05) is 76.9 Å². The summed E-state index contributed by atoms with van der Waals surface area (Å²) in [5.74, 6) is 1.46. The highest BCUT2D eigenvalue weighted by atomic mass is 16.5. The molecule has 1 heterocycles. The minimum absolute atomic E-state index is 0.0503. The third-order valence-electron chi connectivity index (χ3n) is 5.44. The topological polar surface area (TPSA) is 32.7 Å². The van der Waals surface area contributed by atoms with Crippen LogP contribution in [0.4, 0.5) is 0 Å². The molecule has 0 aromatic heterocycles. The van der Waals surface area contributed by atoms with Gasteiger partial charge in [-0.2, -0.15) is 0 Å². The number of benzene rings is 2. The summed E-state index contributed by atoms with van der Waals surface area (Å²) in [6.07, 6.45) is 0. The van der Waals surface area contributed by atoms with Gasteiger partial charge in [0.2, 0.25) is 0 Å². The molecule has 0 saturated heterocycles. The van der Waals surface area contributed by atoms with E-state index in [-0.39, 0.29) is 10.8 Å². The van der Waals surface area contributed by atoms with E-state index >= 15 is 0 Å². The average molecular weight is 382 g/mol. The van der Waals surface area contributed by atoms with Crippen LogP contribution in [0.3, 0.4) is 0 Å². The zero-order chi connectivity index (χ0) is 20.9. The lowest BCUT2D eigenvalue weighted by Crippen LogP contribution is -2.33. The van der Waals surface area contributed by atoms with Gasteiger partial charge < -0.3 is 9.84 Å². The maximum Gasteiger partial charge on any atom is 0.142 e. The Hall–Kier alpha value is -2.00. The molecule has 0 amide bonds. The predicted molar refractivity (Wildman–Crippen MR) is 116 cm³/mol. The molecule has 2 aromatic carbocycles. The Morgan fingerprint density at radius 3 is 2.07 bits per heavy atom. The first kappa shape index (κ1) is 20.7. The molecule has 2 aromatic rings. The van der Waals surface area contributed by atoms with Crippen LogP contribution in [0.25, 0.3) is 0 Å². The van der Waals surface area contributed by atoms with E-state index in [0.717, 1.165) is 23.4 Å². The molecule has 28 heavy (non-hydrogen) atoms. The molecule has 3 rings (SSSR count). The van der Waals surface area contributed by atoms with E-state index in [0.29, 0.717) is 19.0 Å². The summed E-state index contributed by atoms with van der Waals surface area (Å²) in [7, 11) is 0. The van der Waals surface area contributed by atoms with E-state index in [1.807, 2.05) is 0 Å². The number of fused-ring (bicyclic) bond motifs is 1. The van der Waals surface area contributed by atoms with E-state index in [9.17, 15) is 5.11 Å². The Bertz CT molecular complexity index is 885. The maximum absolute atomic E-state index is 10.9. The summed E-state index contributed by atoms with van der Waals surface area (Å²) in [5.41, 5.74) is 6.90. The first-order chi connectivity index (χ1) is 12.9. The Morgan fingerprint density at radius 1 is 0.893 bits per heavy atom.